The molecule has 0 amide bonds. The third-order valence-electron chi connectivity index (χ3n) is 3.15. The Morgan fingerprint density at radius 2 is 1.81 bits per heavy atom. The van der Waals surface area contributed by atoms with Crippen molar-refractivity contribution in [2.75, 3.05) is 34.0 Å². The van der Waals surface area contributed by atoms with Gasteiger partial charge in [0.1, 0.15) is 6.79 Å². The molecule has 0 radical (unpaired) electrons. The fourth-order valence-corrected chi connectivity index (χ4v) is 1.88. The van der Waals surface area contributed by atoms with E-state index in [1.807, 2.05) is 32.3 Å². The van der Waals surface area contributed by atoms with Gasteiger partial charge in [0.2, 0.25) is 0 Å². The molecule has 0 unspecified atom stereocenters. The van der Waals surface area contributed by atoms with Crippen LogP contribution >= 0.6 is 0 Å². The van der Waals surface area contributed by atoms with Gasteiger partial charge >= 0.3 is 11.9 Å². The summed E-state index contributed by atoms with van der Waals surface area (Å²) in [5.74, 6) is -2.51. The summed E-state index contributed by atoms with van der Waals surface area (Å²) in [6.45, 7) is 2.49. The zero-order valence-corrected chi connectivity index (χ0v) is 15.4. The van der Waals surface area contributed by atoms with Crippen LogP contribution in [-0.4, -0.2) is 66.1 Å². The number of carboxylic acid groups (broad SMARTS) is 2. The first-order valence-corrected chi connectivity index (χ1v) is 8.16. The van der Waals surface area contributed by atoms with E-state index in [9.17, 15) is 9.59 Å². The highest BCUT2D eigenvalue weighted by atomic mass is 16.7. The number of carbonyl (C=O) groups is 2. The maximum absolute atomic E-state index is 9.55. The second-order valence-corrected chi connectivity index (χ2v) is 5.72. The van der Waals surface area contributed by atoms with Crippen molar-refractivity contribution in [2.45, 2.75) is 6.61 Å². The van der Waals surface area contributed by atoms with Crippen molar-refractivity contribution in [3.05, 3.63) is 54.2 Å². The van der Waals surface area contributed by atoms with Crippen LogP contribution in [0.4, 0.5) is 0 Å². The van der Waals surface area contributed by atoms with Crippen LogP contribution in [0.1, 0.15) is 5.56 Å². The number of ether oxygens (including phenoxy) is 2. The summed E-state index contributed by atoms with van der Waals surface area (Å²) in [5.41, 5.74) is 2.14. The lowest BCUT2D eigenvalue weighted by atomic mass is 10.1. The average Bonchev–Trinajstić information content (AvgIpc) is 2.63. The Kier molecular flexibility index (Phi) is 10.3. The monoisotopic (exact) mass is 376 g/mol. The van der Waals surface area contributed by atoms with Crippen LogP contribution in [-0.2, 0) is 25.7 Å². The van der Waals surface area contributed by atoms with Crippen LogP contribution in [0, 0.1) is 0 Å². The van der Waals surface area contributed by atoms with E-state index < -0.39 is 11.9 Å². The number of likely N-dealkylation sites (N-methyl/N-ethyl adjacent to an activating group) is 1. The summed E-state index contributed by atoms with van der Waals surface area (Å²) in [6.07, 6.45) is 2.92. The molecule has 2 rings (SSSR count). The fourth-order valence-electron chi connectivity index (χ4n) is 1.88. The lowest BCUT2D eigenvalue weighted by Crippen LogP contribution is -2.18. The van der Waals surface area contributed by atoms with E-state index in [2.05, 4.69) is 22.0 Å². The first-order chi connectivity index (χ1) is 12.9. The van der Waals surface area contributed by atoms with Gasteiger partial charge in [-0.3, -0.25) is 4.98 Å². The molecule has 0 saturated carbocycles. The summed E-state index contributed by atoms with van der Waals surface area (Å²) in [7, 11) is 4.04. The molecule has 1 heterocycles. The number of hydrogen-bond acceptors (Lipinski definition) is 6. The highest BCUT2D eigenvalue weighted by Crippen LogP contribution is 2.13. The van der Waals surface area contributed by atoms with E-state index in [0.29, 0.717) is 32.2 Å². The van der Waals surface area contributed by atoms with Crippen LogP contribution in [0.5, 0.6) is 0 Å². The number of nitrogens with zero attached hydrogens (tertiary/aromatic N) is 2. The Bertz CT molecular complexity index is 745. The smallest absolute Gasteiger partial charge is 0.328 e. The van der Waals surface area contributed by atoms with Crippen LogP contribution < -0.4 is 0 Å². The van der Waals surface area contributed by atoms with E-state index in [1.54, 1.807) is 6.20 Å². The summed E-state index contributed by atoms with van der Waals surface area (Å²) in [6, 6.07) is 10.1. The van der Waals surface area contributed by atoms with Crippen molar-refractivity contribution in [1.82, 2.24) is 9.88 Å². The number of benzene rings is 1. The maximum atomic E-state index is 9.55. The second kappa shape index (κ2) is 12.5. The predicted molar refractivity (Wildman–Crippen MR) is 100 cm³/mol. The maximum Gasteiger partial charge on any atom is 0.328 e. The largest absolute Gasteiger partial charge is 0.478 e. The number of fused-ring (bicyclic) bond motifs is 1. The first kappa shape index (κ1) is 22.2. The highest BCUT2D eigenvalue weighted by molar-refractivity contribution is 5.89. The van der Waals surface area contributed by atoms with Crippen molar-refractivity contribution in [3.8, 4) is 0 Å². The van der Waals surface area contributed by atoms with Gasteiger partial charge in [-0.2, -0.15) is 0 Å². The van der Waals surface area contributed by atoms with E-state index in [1.165, 1.54) is 0 Å². The van der Waals surface area contributed by atoms with Crippen LogP contribution in [0.2, 0.25) is 0 Å². The van der Waals surface area contributed by atoms with E-state index in [-0.39, 0.29) is 0 Å². The minimum atomic E-state index is -1.26. The van der Waals surface area contributed by atoms with E-state index >= 15 is 0 Å². The normalized spacial score (nSPS) is 10.8. The molecule has 0 saturated heterocycles. The minimum absolute atomic E-state index is 0.332. The lowest BCUT2D eigenvalue weighted by molar-refractivity contribution is -0.134. The van der Waals surface area contributed by atoms with Gasteiger partial charge in [0.05, 0.1) is 18.7 Å². The van der Waals surface area contributed by atoms with Crippen molar-refractivity contribution in [2.24, 2.45) is 0 Å². The molecule has 1 aromatic carbocycles. The van der Waals surface area contributed by atoms with Gasteiger partial charge in [-0.15, -0.1) is 0 Å². The number of pyridine rings is 1. The lowest BCUT2D eigenvalue weighted by Gasteiger charge is -2.10. The van der Waals surface area contributed by atoms with E-state index in [4.69, 9.17) is 19.7 Å². The third kappa shape index (κ3) is 10.7. The number of aliphatic carboxylic acids is 2. The van der Waals surface area contributed by atoms with Gasteiger partial charge in [0.25, 0.3) is 0 Å². The van der Waals surface area contributed by atoms with Crippen LogP contribution in [0.15, 0.2) is 48.7 Å². The first-order valence-electron chi connectivity index (χ1n) is 8.16. The molecule has 2 N–H and O–H groups in total. The van der Waals surface area contributed by atoms with Gasteiger partial charge in [0, 0.05) is 30.3 Å². The van der Waals surface area contributed by atoms with Crippen molar-refractivity contribution >= 4 is 22.8 Å². The van der Waals surface area contributed by atoms with Crippen LogP contribution in [0.25, 0.3) is 10.9 Å². The Morgan fingerprint density at radius 1 is 1.11 bits per heavy atom. The number of hydrogen-bond donors (Lipinski definition) is 2. The zero-order chi connectivity index (χ0) is 20.1. The molecule has 27 heavy (non-hydrogen) atoms. The molecular weight excluding hydrogens is 352 g/mol. The summed E-state index contributed by atoms with van der Waals surface area (Å²) in [5, 5.41) is 16.8. The summed E-state index contributed by atoms with van der Waals surface area (Å²) >= 11 is 0. The minimum Gasteiger partial charge on any atom is -0.478 e. The number of rotatable bonds is 9. The van der Waals surface area contributed by atoms with Gasteiger partial charge in [-0.1, -0.05) is 12.1 Å². The molecule has 0 fully saturated rings. The topological polar surface area (TPSA) is 109 Å². The molecule has 0 bridgehead atoms. The third-order valence-corrected chi connectivity index (χ3v) is 3.15. The number of aromatic nitrogens is 1. The van der Waals surface area contributed by atoms with Gasteiger partial charge in [-0.05, 0) is 37.9 Å². The number of carboxylic acids is 2. The Hall–Kier alpha value is -2.81. The molecule has 146 valence electrons. The molecule has 8 nitrogen and oxygen atoms in total. The van der Waals surface area contributed by atoms with Gasteiger partial charge < -0.3 is 24.6 Å². The van der Waals surface area contributed by atoms with E-state index in [0.717, 1.165) is 23.0 Å². The molecule has 1 aromatic heterocycles. The quantitative estimate of drug-likeness (QED) is 0.389. The molecule has 8 heteroatoms. The summed E-state index contributed by atoms with van der Waals surface area (Å²) in [4.78, 5) is 25.5. The molecule has 0 spiro atoms. The zero-order valence-electron chi connectivity index (χ0n) is 15.4. The Balaban J connectivity index is 0.000000387. The van der Waals surface area contributed by atoms with Crippen molar-refractivity contribution in [3.63, 3.8) is 0 Å². The van der Waals surface area contributed by atoms with Gasteiger partial charge in [-0.25, -0.2) is 9.59 Å². The molecule has 0 aliphatic carbocycles. The standard InChI is InChI=1S/C15H20N2O2.C4H4O4/c1-17(2)8-9-18-12-19-11-13-5-6-15-14(10-13)4-3-7-16-15;5-3(6)1-2-4(7)8/h3-7,10H,8-9,11-12H2,1-2H3;1-2H,(H,5,6)(H,7,8)/b;2-1+. The predicted octanol–water partition coefficient (Wildman–Crippen LogP) is 2.00. The van der Waals surface area contributed by atoms with Crippen LogP contribution in [0.3, 0.4) is 0 Å². The fraction of sp³-hybridized carbons (Fsp3) is 0.316. The SMILES string of the molecule is CN(C)CCOCOCc1ccc2ncccc2c1.O=C(O)/C=C/C(=O)O. The Morgan fingerprint density at radius 3 is 2.44 bits per heavy atom. The van der Waals surface area contributed by atoms with Crippen molar-refractivity contribution < 1.29 is 29.3 Å². The average molecular weight is 376 g/mol. The van der Waals surface area contributed by atoms with Gasteiger partial charge in [0.15, 0.2) is 0 Å². The molecule has 0 aliphatic heterocycles. The molecular formula is C19H24N2O6. The molecule has 0 aliphatic rings. The molecule has 0 atom stereocenters. The molecule has 2 aromatic rings. The summed E-state index contributed by atoms with van der Waals surface area (Å²) < 4.78 is 10.9. The Labute approximate surface area is 157 Å². The van der Waals surface area contributed by atoms with Crippen molar-refractivity contribution in [1.29, 1.82) is 0 Å². The second-order valence-electron chi connectivity index (χ2n) is 5.72. The highest BCUT2D eigenvalue weighted by Gasteiger charge is 1.98.